The summed E-state index contributed by atoms with van der Waals surface area (Å²) in [4.78, 5) is 0. The number of hydrogen-bond donors (Lipinski definition) is 0. The van der Waals surface area contributed by atoms with Crippen molar-refractivity contribution in [2.24, 2.45) is 0 Å². The van der Waals surface area contributed by atoms with E-state index in [0.717, 1.165) is 0 Å². The largest absolute Gasteiger partial charge is 0.501 e. The van der Waals surface area contributed by atoms with E-state index in [2.05, 4.69) is 0 Å². The van der Waals surface area contributed by atoms with Crippen LogP contribution in [0.25, 0.3) is 0 Å². The molecule has 144 valence electrons. The van der Waals surface area contributed by atoms with E-state index in [9.17, 15) is 17.6 Å². The zero-order valence-corrected chi connectivity index (χ0v) is 16.5. The summed E-state index contributed by atoms with van der Waals surface area (Å²) in [7, 11) is -3.24. The SMILES string of the molecule is CC(C)O[Si](CCc1cc(F)c(F)c(F)c1F)(OC(C)C)OC(C)C. The average molecular weight is 382 g/mol. The summed E-state index contributed by atoms with van der Waals surface area (Å²) in [6.45, 7) is 10.9. The van der Waals surface area contributed by atoms with E-state index in [0.29, 0.717) is 6.07 Å². The first-order chi connectivity index (χ1) is 11.5. The van der Waals surface area contributed by atoms with E-state index in [1.165, 1.54) is 0 Å². The lowest BCUT2D eigenvalue weighted by Gasteiger charge is -2.34. The van der Waals surface area contributed by atoms with Gasteiger partial charge in [-0.2, -0.15) is 0 Å². The van der Waals surface area contributed by atoms with Crippen LogP contribution in [0.3, 0.4) is 0 Å². The molecule has 0 saturated heterocycles. The summed E-state index contributed by atoms with van der Waals surface area (Å²) in [6, 6.07) is 0.774. The smallest absolute Gasteiger partial charge is 0.371 e. The van der Waals surface area contributed by atoms with Gasteiger partial charge < -0.3 is 13.3 Å². The van der Waals surface area contributed by atoms with E-state index in [1.54, 1.807) is 0 Å². The van der Waals surface area contributed by atoms with Gasteiger partial charge in [-0.05, 0) is 59.6 Å². The Hall–Kier alpha value is -0.963. The monoisotopic (exact) mass is 382 g/mol. The number of rotatable bonds is 9. The summed E-state index contributed by atoms with van der Waals surface area (Å²) < 4.78 is 71.6. The van der Waals surface area contributed by atoms with Crippen molar-refractivity contribution in [3.05, 3.63) is 34.9 Å². The molecule has 0 aliphatic heterocycles. The molecule has 0 aliphatic rings. The lowest BCUT2D eigenvalue weighted by atomic mass is 10.1. The van der Waals surface area contributed by atoms with Gasteiger partial charge in [0.25, 0.3) is 0 Å². The number of hydrogen-bond acceptors (Lipinski definition) is 3. The van der Waals surface area contributed by atoms with Crippen LogP contribution < -0.4 is 0 Å². The predicted octanol–water partition coefficient (Wildman–Crippen LogP) is 5.00. The topological polar surface area (TPSA) is 27.7 Å². The molecule has 0 radical (unpaired) electrons. The normalized spacial score (nSPS) is 12.7. The van der Waals surface area contributed by atoms with Crippen molar-refractivity contribution < 1.29 is 30.8 Å². The highest BCUT2D eigenvalue weighted by Crippen LogP contribution is 2.27. The van der Waals surface area contributed by atoms with Crippen molar-refractivity contribution >= 4 is 8.80 Å². The van der Waals surface area contributed by atoms with Crippen LogP contribution in [-0.4, -0.2) is 27.1 Å². The van der Waals surface area contributed by atoms with Crippen LogP contribution >= 0.6 is 0 Å². The van der Waals surface area contributed by atoms with E-state index < -0.39 is 32.1 Å². The number of aryl methyl sites for hydroxylation is 1. The van der Waals surface area contributed by atoms with Gasteiger partial charge in [0, 0.05) is 24.4 Å². The van der Waals surface area contributed by atoms with Gasteiger partial charge >= 0.3 is 8.80 Å². The third-order valence-corrected chi connectivity index (χ3v) is 6.48. The van der Waals surface area contributed by atoms with Gasteiger partial charge in [-0.3, -0.25) is 0 Å². The Balaban J connectivity index is 3.12. The summed E-state index contributed by atoms with van der Waals surface area (Å²) in [5.41, 5.74) is -0.277. The first-order valence-corrected chi connectivity index (χ1v) is 10.3. The van der Waals surface area contributed by atoms with Crippen LogP contribution in [0.5, 0.6) is 0 Å². The fraction of sp³-hybridized carbons (Fsp3) is 0.647. The molecule has 0 fully saturated rings. The van der Waals surface area contributed by atoms with Crippen molar-refractivity contribution in [2.45, 2.75) is 72.3 Å². The number of benzene rings is 1. The van der Waals surface area contributed by atoms with Gasteiger partial charge in [-0.15, -0.1) is 0 Å². The van der Waals surface area contributed by atoms with Gasteiger partial charge in [-0.1, -0.05) is 0 Å². The maximum Gasteiger partial charge on any atom is 0.501 e. The second-order valence-corrected chi connectivity index (χ2v) is 9.22. The van der Waals surface area contributed by atoms with Gasteiger partial charge in [0.15, 0.2) is 23.3 Å². The van der Waals surface area contributed by atoms with Crippen molar-refractivity contribution in [3.8, 4) is 0 Å². The zero-order chi connectivity index (χ0) is 19.4. The van der Waals surface area contributed by atoms with Crippen LogP contribution in [0.4, 0.5) is 17.6 Å². The average Bonchev–Trinajstić information content (AvgIpc) is 2.45. The van der Waals surface area contributed by atoms with Gasteiger partial charge in [0.2, 0.25) is 0 Å². The fourth-order valence-corrected chi connectivity index (χ4v) is 5.68. The highest BCUT2D eigenvalue weighted by molar-refractivity contribution is 6.60. The molecule has 0 aromatic heterocycles. The second kappa shape index (κ2) is 9.11. The standard InChI is InChI=1S/C17H26F4O3Si/c1-10(2)22-25(23-11(3)4,24-12(5)6)8-7-13-9-14(18)16(20)17(21)15(13)19/h9-12H,7-8H2,1-6H3. The molecule has 0 aliphatic carbocycles. The molecule has 0 atom stereocenters. The van der Waals surface area contributed by atoms with E-state index in [-0.39, 0.29) is 36.3 Å². The molecule has 0 unspecified atom stereocenters. The quantitative estimate of drug-likeness (QED) is 0.260. The summed E-state index contributed by atoms with van der Waals surface area (Å²) in [5, 5.41) is 0. The highest BCUT2D eigenvalue weighted by atomic mass is 28.4. The van der Waals surface area contributed by atoms with Crippen molar-refractivity contribution in [1.29, 1.82) is 0 Å². The molecule has 1 aromatic rings. The highest BCUT2D eigenvalue weighted by Gasteiger charge is 2.44. The van der Waals surface area contributed by atoms with Crippen LogP contribution in [0, 0.1) is 23.3 Å². The Morgan fingerprint density at radius 3 is 1.60 bits per heavy atom. The van der Waals surface area contributed by atoms with Crippen molar-refractivity contribution in [2.75, 3.05) is 0 Å². The Bertz CT molecular complexity index is 553. The lowest BCUT2D eigenvalue weighted by Crippen LogP contribution is -2.51. The number of halogens is 4. The molecule has 0 saturated carbocycles. The summed E-state index contributed by atoms with van der Waals surface area (Å²) >= 11 is 0. The van der Waals surface area contributed by atoms with Crippen LogP contribution in [0.2, 0.25) is 6.04 Å². The molecular weight excluding hydrogens is 356 g/mol. The van der Waals surface area contributed by atoms with Crippen LogP contribution in [0.1, 0.15) is 47.1 Å². The van der Waals surface area contributed by atoms with Crippen LogP contribution in [0.15, 0.2) is 6.07 Å². The molecule has 0 N–H and O–H groups in total. The Morgan fingerprint density at radius 1 is 0.760 bits per heavy atom. The lowest BCUT2D eigenvalue weighted by molar-refractivity contribution is 0.00326. The Morgan fingerprint density at radius 2 is 1.20 bits per heavy atom. The molecular formula is C17H26F4O3Si. The minimum absolute atomic E-state index is 0.0989. The molecule has 1 aromatic carbocycles. The maximum absolute atomic E-state index is 13.9. The molecule has 0 amide bonds. The van der Waals surface area contributed by atoms with E-state index in [1.807, 2.05) is 41.5 Å². The Labute approximate surface area is 147 Å². The van der Waals surface area contributed by atoms with Gasteiger partial charge in [-0.25, -0.2) is 17.6 Å². The second-order valence-electron chi connectivity index (χ2n) is 6.64. The molecule has 0 bridgehead atoms. The zero-order valence-electron chi connectivity index (χ0n) is 15.5. The minimum atomic E-state index is -3.24. The minimum Gasteiger partial charge on any atom is -0.371 e. The molecule has 8 heteroatoms. The summed E-state index contributed by atoms with van der Waals surface area (Å²) in [5.74, 6) is -6.47. The molecule has 0 heterocycles. The molecule has 3 nitrogen and oxygen atoms in total. The maximum atomic E-state index is 13.9. The molecule has 0 spiro atoms. The third kappa shape index (κ3) is 6.36. The van der Waals surface area contributed by atoms with E-state index in [4.69, 9.17) is 13.3 Å². The van der Waals surface area contributed by atoms with Crippen molar-refractivity contribution in [1.82, 2.24) is 0 Å². The Kier molecular flexibility index (Phi) is 8.05. The first kappa shape index (κ1) is 22.1. The van der Waals surface area contributed by atoms with Crippen molar-refractivity contribution in [3.63, 3.8) is 0 Å². The van der Waals surface area contributed by atoms with E-state index >= 15 is 0 Å². The predicted molar refractivity (Wildman–Crippen MR) is 89.2 cm³/mol. The van der Waals surface area contributed by atoms with Gasteiger partial charge in [0.05, 0.1) is 0 Å². The first-order valence-electron chi connectivity index (χ1n) is 8.32. The van der Waals surface area contributed by atoms with Crippen LogP contribution in [-0.2, 0) is 19.7 Å². The summed E-state index contributed by atoms with van der Waals surface area (Å²) in [6.07, 6.45) is -0.736. The third-order valence-electron chi connectivity index (χ3n) is 3.12. The fourth-order valence-electron chi connectivity index (χ4n) is 2.43. The van der Waals surface area contributed by atoms with Gasteiger partial charge in [0.1, 0.15) is 0 Å². The molecule has 25 heavy (non-hydrogen) atoms. The molecule has 1 rings (SSSR count).